The van der Waals surface area contributed by atoms with Crippen LogP contribution in [0.4, 0.5) is 0 Å². The Morgan fingerprint density at radius 2 is 2.00 bits per heavy atom. The summed E-state index contributed by atoms with van der Waals surface area (Å²) >= 11 is 0. The molecule has 0 saturated heterocycles. The van der Waals surface area contributed by atoms with E-state index in [1.165, 1.54) is 43.4 Å². The van der Waals surface area contributed by atoms with Gasteiger partial charge < -0.3 is 10.2 Å². The van der Waals surface area contributed by atoms with Crippen molar-refractivity contribution >= 4 is 0 Å². The molecule has 0 radical (unpaired) electrons. The third-order valence-electron chi connectivity index (χ3n) is 4.92. The molecule has 118 valence electrons. The monoisotopic (exact) mass is 288 g/mol. The molecule has 0 aromatic heterocycles. The average molecular weight is 288 g/mol. The molecular weight excluding hydrogens is 256 g/mol. The minimum Gasteiger partial charge on any atom is -0.319 e. The zero-order chi connectivity index (χ0) is 15.3. The van der Waals surface area contributed by atoms with Crippen LogP contribution in [0.3, 0.4) is 0 Å². The molecule has 2 rings (SSSR count). The summed E-state index contributed by atoms with van der Waals surface area (Å²) in [6.07, 6.45) is 5.54. The SMILES string of the molecule is CNCC1(CN(C)Cc2ccc(C)cc2)CCCC(C)C1. The lowest BCUT2D eigenvalue weighted by Crippen LogP contribution is -2.44. The van der Waals surface area contributed by atoms with Crippen molar-refractivity contribution in [1.29, 1.82) is 0 Å². The summed E-state index contributed by atoms with van der Waals surface area (Å²) in [4.78, 5) is 2.51. The Bertz CT molecular complexity index is 422. The predicted molar refractivity (Wildman–Crippen MR) is 91.5 cm³/mol. The molecule has 0 spiro atoms. The Balaban J connectivity index is 1.97. The van der Waals surface area contributed by atoms with E-state index >= 15 is 0 Å². The summed E-state index contributed by atoms with van der Waals surface area (Å²) in [5.74, 6) is 0.875. The Morgan fingerprint density at radius 1 is 1.29 bits per heavy atom. The average Bonchev–Trinajstić information content (AvgIpc) is 2.41. The van der Waals surface area contributed by atoms with Crippen LogP contribution in [0.2, 0.25) is 0 Å². The lowest BCUT2D eigenvalue weighted by molar-refractivity contribution is 0.0910. The smallest absolute Gasteiger partial charge is 0.0230 e. The van der Waals surface area contributed by atoms with Gasteiger partial charge in [-0.3, -0.25) is 0 Å². The lowest BCUT2D eigenvalue weighted by atomic mass is 9.69. The molecule has 1 aliphatic rings. The maximum Gasteiger partial charge on any atom is 0.0230 e. The number of nitrogens with one attached hydrogen (secondary N) is 1. The van der Waals surface area contributed by atoms with Crippen LogP contribution >= 0.6 is 0 Å². The quantitative estimate of drug-likeness (QED) is 0.855. The van der Waals surface area contributed by atoms with Crippen LogP contribution < -0.4 is 5.32 Å². The fourth-order valence-corrected chi connectivity index (χ4v) is 4.14. The van der Waals surface area contributed by atoms with E-state index in [0.717, 1.165) is 19.0 Å². The van der Waals surface area contributed by atoms with Crippen molar-refractivity contribution in [2.45, 2.75) is 46.1 Å². The summed E-state index contributed by atoms with van der Waals surface area (Å²) in [5, 5.41) is 3.45. The highest BCUT2D eigenvalue weighted by Gasteiger charge is 2.35. The van der Waals surface area contributed by atoms with E-state index in [2.05, 4.69) is 62.4 Å². The normalized spacial score (nSPS) is 26.2. The molecule has 1 aliphatic carbocycles. The first kappa shape index (κ1) is 16.5. The number of hydrogen-bond acceptors (Lipinski definition) is 2. The zero-order valence-electron chi connectivity index (χ0n) is 14.3. The van der Waals surface area contributed by atoms with Crippen LogP contribution in [-0.2, 0) is 6.54 Å². The van der Waals surface area contributed by atoms with Gasteiger partial charge in [-0.25, -0.2) is 0 Å². The second-order valence-electron chi connectivity index (χ2n) is 7.39. The van der Waals surface area contributed by atoms with Gasteiger partial charge in [-0.2, -0.15) is 0 Å². The largest absolute Gasteiger partial charge is 0.319 e. The van der Waals surface area contributed by atoms with E-state index in [0.29, 0.717) is 5.41 Å². The molecule has 1 aromatic rings. The van der Waals surface area contributed by atoms with Crippen LogP contribution in [0, 0.1) is 18.3 Å². The van der Waals surface area contributed by atoms with Gasteiger partial charge in [0.2, 0.25) is 0 Å². The Kier molecular flexibility index (Phi) is 5.83. The lowest BCUT2D eigenvalue weighted by Gasteiger charge is -2.42. The summed E-state index contributed by atoms with van der Waals surface area (Å²) in [6, 6.07) is 8.96. The minimum absolute atomic E-state index is 0.464. The van der Waals surface area contributed by atoms with E-state index in [1.54, 1.807) is 0 Å². The molecule has 1 saturated carbocycles. The van der Waals surface area contributed by atoms with Crippen LogP contribution in [0.15, 0.2) is 24.3 Å². The van der Waals surface area contributed by atoms with E-state index in [1.807, 2.05) is 0 Å². The maximum absolute atomic E-state index is 3.45. The fourth-order valence-electron chi connectivity index (χ4n) is 4.14. The summed E-state index contributed by atoms with van der Waals surface area (Å²) < 4.78 is 0. The van der Waals surface area contributed by atoms with Crippen molar-refractivity contribution < 1.29 is 0 Å². The van der Waals surface area contributed by atoms with Crippen molar-refractivity contribution in [2.24, 2.45) is 11.3 Å². The maximum atomic E-state index is 3.45. The highest BCUT2D eigenvalue weighted by atomic mass is 15.1. The standard InChI is InChI=1S/C19H32N2/c1-16-7-9-18(10-8-16)13-21(4)15-19(14-20-3)11-5-6-17(2)12-19/h7-10,17,20H,5-6,11-15H2,1-4H3. The third-order valence-corrected chi connectivity index (χ3v) is 4.92. The second-order valence-corrected chi connectivity index (χ2v) is 7.39. The molecule has 1 aromatic carbocycles. The van der Waals surface area contributed by atoms with E-state index in [4.69, 9.17) is 0 Å². The fraction of sp³-hybridized carbons (Fsp3) is 0.684. The first-order valence-corrected chi connectivity index (χ1v) is 8.42. The molecule has 21 heavy (non-hydrogen) atoms. The Labute approximate surface area is 130 Å². The number of nitrogens with zero attached hydrogens (tertiary/aromatic N) is 1. The van der Waals surface area contributed by atoms with Crippen LogP contribution in [0.5, 0.6) is 0 Å². The van der Waals surface area contributed by atoms with Gasteiger partial charge in [0.15, 0.2) is 0 Å². The van der Waals surface area contributed by atoms with Gasteiger partial charge in [-0.1, -0.05) is 49.6 Å². The number of aryl methyl sites for hydroxylation is 1. The van der Waals surface area contributed by atoms with Gasteiger partial charge in [0.05, 0.1) is 0 Å². The van der Waals surface area contributed by atoms with E-state index < -0.39 is 0 Å². The number of rotatable bonds is 6. The second kappa shape index (κ2) is 7.42. The van der Waals surface area contributed by atoms with Gasteiger partial charge >= 0.3 is 0 Å². The van der Waals surface area contributed by atoms with Gasteiger partial charge in [0, 0.05) is 19.6 Å². The van der Waals surface area contributed by atoms with Crippen molar-refractivity contribution in [3.8, 4) is 0 Å². The number of hydrogen-bond donors (Lipinski definition) is 1. The van der Waals surface area contributed by atoms with Crippen LogP contribution in [-0.4, -0.2) is 32.1 Å². The van der Waals surface area contributed by atoms with Gasteiger partial charge in [-0.15, -0.1) is 0 Å². The molecular formula is C19H32N2. The summed E-state index contributed by atoms with van der Waals surface area (Å²) in [6.45, 7) is 7.98. The predicted octanol–water partition coefficient (Wildman–Crippen LogP) is 3.84. The van der Waals surface area contributed by atoms with Crippen LogP contribution in [0.25, 0.3) is 0 Å². The molecule has 0 amide bonds. The van der Waals surface area contributed by atoms with Crippen molar-refractivity contribution in [3.63, 3.8) is 0 Å². The van der Waals surface area contributed by atoms with Gasteiger partial charge in [-0.05, 0) is 50.8 Å². The van der Waals surface area contributed by atoms with E-state index in [-0.39, 0.29) is 0 Å². The minimum atomic E-state index is 0.464. The van der Waals surface area contributed by atoms with Gasteiger partial charge in [0.1, 0.15) is 0 Å². The Hall–Kier alpha value is -0.860. The molecule has 1 fully saturated rings. The number of benzene rings is 1. The first-order chi connectivity index (χ1) is 10.0. The topological polar surface area (TPSA) is 15.3 Å². The first-order valence-electron chi connectivity index (χ1n) is 8.42. The molecule has 0 heterocycles. The molecule has 2 unspecified atom stereocenters. The third kappa shape index (κ3) is 4.82. The van der Waals surface area contributed by atoms with Crippen LogP contribution in [0.1, 0.15) is 43.7 Å². The highest BCUT2D eigenvalue weighted by Crippen LogP contribution is 2.39. The zero-order valence-corrected chi connectivity index (χ0v) is 14.3. The van der Waals surface area contributed by atoms with Crippen molar-refractivity contribution in [3.05, 3.63) is 35.4 Å². The Morgan fingerprint density at radius 3 is 2.62 bits per heavy atom. The van der Waals surface area contributed by atoms with Crippen molar-refractivity contribution in [1.82, 2.24) is 10.2 Å². The molecule has 1 N–H and O–H groups in total. The summed E-state index contributed by atoms with van der Waals surface area (Å²) in [5.41, 5.74) is 3.23. The highest BCUT2D eigenvalue weighted by molar-refractivity contribution is 5.21. The van der Waals surface area contributed by atoms with Crippen molar-refractivity contribution in [2.75, 3.05) is 27.2 Å². The molecule has 2 atom stereocenters. The molecule has 0 bridgehead atoms. The van der Waals surface area contributed by atoms with E-state index in [9.17, 15) is 0 Å². The molecule has 2 heteroatoms. The molecule has 2 nitrogen and oxygen atoms in total. The molecule has 0 aliphatic heterocycles. The van der Waals surface area contributed by atoms with Gasteiger partial charge in [0.25, 0.3) is 0 Å². The summed E-state index contributed by atoms with van der Waals surface area (Å²) in [7, 11) is 4.37.